The molecule has 2 amide bonds. The van der Waals surface area contributed by atoms with Crippen LogP contribution in [0.3, 0.4) is 0 Å². The summed E-state index contributed by atoms with van der Waals surface area (Å²) in [5, 5.41) is 3.39. The Morgan fingerprint density at radius 3 is 2.45 bits per heavy atom. The van der Waals surface area contributed by atoms with E-state index in [-0.39, 0.29) is 29.0 Å². The number of fused-ring (bicyclic) bond motifs is 1. The zero-order valence-corrected chi connectivity index (χ0v) is 17.6. The minimum absolute atomic E-state index is 0.000828. The summed E-state index contributed by atoms with van der Waals surface area (Å²) in [7, 11) is 0. The number of benzene rings is 2. The smallest absolute Gasteiger partial charge is 0.318 e. The fourth-order valence-electron chi connectivity index (χ4n) is 6.33. The van der Waals surface area contributed by atoms with Crippen LogP contribution < -0.4 is 5.32 Å². The van der Waals surface area contributed by atoms with Crippen molar-refractivity contribution in [1.29, 1.82) is 0 Å². The van der Waals surface area contributed by atoms with Crippen LogP contribution in [-0.4, -0.2) is 59.8 Å². The summed E-state index contributed by atoms with van der Waals surface area (Å²) in [5.41, 5.74) is 3.57. The van der Waals surface area contributed by atoms with E-state index in [9.17, 15) is 9.18 Å². The fourth-order valence-corrected chi connectivity index (χ4v) is 6.33. The fraction of sp³-hybridized carbons (Fsp3) is 0.480. The Morgan fingerprint density at radius 1 is 1.00 bits per heavy atom. The maximum atomic E-state index is 13.6. The van der Waals surface area contributed by atoms with Gasteiger partial charge in [0.1, 0.15) is 5.82 Å². The van der Waals surface area contributed by atoms with Gasteiger partial charge in [0.2, 0.25) is 0 Å². The molecule has 3 aliphatic carbocycles. The molecule has 31 heavy (non-hydrogen) atoms. The van der Waals surface area contributed by atoms with Crippen molar-refractivity contribution in [3.05, 3.63) is 71.0 Å². The summed E-state index contributed by atoms with van der Waals surface area (Å²) in [6.45, 7) is 4.29. The minimum atomic E-state index is -0.258. The number of morpholine rings is 1. The van der Waals surface area contributed by atoms with E-state index in [1.807, 2.05) is 17.0 Å². The molecule has 6 heteroatoms. The van der Waals surface area contributed by atoms with Crippen molar-refractivity contribution in [1.82, 2.24) is 15.1 Å². The predicted octanol–water partition coefficient (Wildman–Crippen LogP) is 3.49. The first-order valence-corrected chi connectivity index (χ1v) is 11.3. The van der Waals surface area contributed by atoms with Crippen LogP contribution in [0.15, 0.2) is 48.5 Å². The SMILES string of the molecule is O=C(NC12CC(N3CCOCC3)(C1)C2)N1CCc2ccccc2[C@@H]1c1ccc(F)cc1. The quantitative estimate of drug-likeness (QED) is 0.825. The normalized spacial score (nSPS) is 31.9. The van der Waals surface area contributed by atoms with Gasteiger partial charge in [-0.05, 0) is 54.5 Å². The minimum Gasteiger partial charge on any atom is -0.379 e. The van der Waals surface area contributed by atoms with Crippen molar-refractivity contribution >= 4 is 6.03 Å². The second-order valence-electron chi connectivity index (χ2n) is 9.66. The Bertz CT molecular complexity index is 982. The highest BCUT2D eigenvalue weighted by atomic mass is 19.1. The van der Waals surface area contributed by atoms with E-state index in [4.69, 9.17) is 4.74 Å². The maximum absolute atomic E-state index is 13.6. The van der Waals surface area contributed by atoms with Gasteiger partial charge in [-0.2, -0.15) is 0 Å². The molecule has 0 aromatic heterocycles. The molecule has 2 aliphatic heterocycles. The summed E-state index contributed by atoms with van der Waals surface area (Å²) in [5.74, 6) is -0.258. The third kappa shape index (κ3) is 3.07. The summed E-state index contributed by atoms with van der Waals surface area (Å²) < 4.78 is 19.1. The second-order valence-corrected chi connectivity index (χ2v) is 9.66. The molecule has 5 aliphatic rings. The van der Waals surface area contributed by atoms with E-state index < -0.39 is 0 Å². The number of ether oxygens (including phenoxy) is 1. The number of carbonyl (C=O) groups excluding carboxylic acids is 1. The number of nitrogens with one attached hydrogen (secondary N) is 1. The van der Waals surface area contributed by atoms with Crippen molar-refractivity contribution in [2.24, 2.45) is 0 Å². The van der Waals surface area contributed by atoms with Crippen molar-refractivity contribution in [3.63, 3.8) is 0 Å². The molecule has 3 saturated carbocycles. The predicted molar refractivity (Wildman–Crippen MR) is 115 cm³/mol. The van der Waals surface area contributed by atoms with Crippen LogP contribution >= 0.6 is 0 Å². The molecule has 2 aromatic rings. The summed E-state index contributed by atoms with van der Waals surface area (Å²) >= 11 is 0. The van der Waals surface area contributed by atoms with Crippen LogP contribution in [0.25, 0.3) is 0 Å². The Hall–Kier alpha value is -2.44. The monoisotopic (exact) mass is 421 g/mol. The van der Waals surface area contributed by atoms with E-state index >= 15 is 0 Å². The molecule has 0 unspecified atom stereocenters. The lowest BCUT2D eigenvalue weighted by Crippen LogP contribution is -2.84. The molecule has 1 atom stereocenters. The van der Waals surface area contributed by atoms with Crippen molar-refractivity contribution in [2.45, 2.75) is 42.8 Å². The van der Waals surface area contributed by atoms with E-state index in [0.29, 0.717) is 6.54 Å². The van der Waals surface area contributed by atoms with Crippen LogP contribution in [0.4, 0.5) is 9.18 Å². The highest BCUT2D eigenvalue weighted by molar-refractivity contribution is 5.78. The molecule has 2 heterocycles. The van der Waals surface area contributed by atoms with E-state index in [1.165, 1.54) is 17.7 Å². The van der Waals surface area contributed by atoms with Crippen molar-refractivity contribution < 1.29 is 13.9 Å². The van der Waals surface area contributed by atoms with Gasteiger partial charge in [0.25, 0.3) is 0 Å². The first kappa shape index (κ1) is 19.3. The molecule has 7 rings (SSSR count). The zero-order valence-electron chi connectivity index (χ0n) is 17.6. The lowest BCUT2D eigenvalue weighted by molar-refractivity contribution is -0.192. The van der Waals surface area contributed by atoms with Crippen LogP contribution in [-0.2, 0) is 11.2 Å². The molecule has 1 saturated heterocycles. The first-order chi connectivity index (χ1) is 15.1. The number of urea groups is 1. The molecule has 0 spiro atoms. The molecule has 0 radical (unpaired) electrons. The van der Waals surface area contributed by atoms with E-state index in [0.717, 1.165) is 63.1 Å². The molecule has 5 nitrogen and oxygen atoms in total. The lowest BCUT2D eigenvalue weighted by Gasteiger charge is -2.74. The number of hydrogen-bond donors (Lipinski definition) is 1. The summed E-state index contributed by atoms with van der Waals surface area (Å²) in [4.78, 5) is 18.0. The number of amides is 2. The topological polar surface area (TPSA) is 44.8 Å². The van der Waals surface area contributed by atoms with E-state index in [2.05, 4.69) is 22.3 Å². The highest BCUT2D eigenvalue weighted by Crippen LogP contribution is 2.63. The van der Waals surface area contributed by atoms with Gasteiger partial charge in [-0.1, -0.05) is 36.4 Å². The van der Waals surface area contributed by atoms with Crippen LogP contribution in [0.2, 0.25) is 0 Å². The lowest BCUT2D eigenvalue weighted by atomic mass is 9.43. The van der Waals surface area contributed by atoms with Crippen LogP contribution in [0.1, 0.15) is 42.0 Å². The third-order valence-electron chi connectivity index (χ3n) is 7.79. The Balaban J connectivity index is 1.21. The number of nitrogens with zero attached hydrogens (tertiary/aromatic N) is 2. The first-order valence-electron chi connectivity index (χ1n) is 11.3. The van der Waals surface area contributed by atoms with Gasteiger partial charge in [-0.3, -0.25) is 4.90 Å². The van der Waals surface area contributed by atoms with Gasteiger partial charge < -0.3 is 15.0 Å². The standard InChI is InChI=1S/C25H28FN3O2/c26-20-7-5-19(6-8-20)22-21-4-2-1-3-18(21)9-10-29(22)23(30)27-24-15-25(16-24,17-24)28-11-13-31-14-12-28/h1-8,22H,9-17H2,(H,27,30)/t22-,24?,25?/m0/s1. The average molecular weight is 422 g/mol. The van der Waals surface area contributed by atoms with Crippen LogP contribution in [0.5, 0.6) is 0 Å². The van der Waals surface area contributed by atoms with Gasteiger partial charge >= 0.3 is 6.03 Å². The molecule has 4 fully saturated rings. The molecule has 1 N–H and O–H groups in total. The molecule has 162 valence electrons. The Morgan fingerprint density at radius 2 is 1.71 bits per heavy atom. The second kappa shape index (κ2) is 7.04. The highest BCUT2D eigenvalue weighted by Gasteiger charge is 2.71. The van der Waals surface area contributed by atoms with E-state index in [1.54, 1.807) is 12.1 Å². The van der Waals surface area contributed by atoms with Gasteiger partial charge in [0.05, 0.1) is 19.3 Å². The third-order valence-corrected chi connectivity index (χ3v) is 7.79. The number of carbonyl (C=O) groups is 1. The molecule has 2 bridgehead atoms. The van der Waals surface area contributed by atoms with Gasteiger partial charge in [0, 0.05) is 30.7 Å². The number of rotatable bonds is 3. The van der Waals surface area contributed by atoms with Gasteiger partial charge in [-0.25, -0.2) is 9.18 Å². The summed E-state index contributed by atoms with van der Waals surface area (Å²) in [6.07, 6.45) is 3.96. The molecular formula is C25H28FN3O2. The van der Waals surface area contributed by atoms with Crippen molar-refractivity contribution in [2.75, 3.05) is 32.8 Å². The molecular weight excluding hydrogens is 393 g/mol. The summed E-state index contributed by atoms with van der Waals surface area (Å²) in [6, 6.07) is 14.7. The van der Waals surface area contributed by atoms with Gasteiger partial charge in [-0.15, -0.1) is 0 Å². The van der Waals surface area contributed by atoms with Crippen molar-refractivity contribution in [3.8, 4) is 0 Å². The average Bonchev–Trinajstić information content (AvgIpc) is 2.75. The number of halogens is 1. The molecule has 2 aromatic carbocycles. The Labute approximate surface area is 182 Å². The zero-order chi connectivity index (χ0) is 21.1. The largest absolute Gasteiger partial charge is 0.379 e. The van der Waals surface area contributed by atoms with Crippen LogP contribution in [0, 0.1) is 5.82 Å². The maximum Gasteiger partial charge on any atom is 0.318 e. The number of hydrogen-bond acceptors (Lipinski definition) is 3. The Kier molecular flexibility index (Phi) is 4.37. The van der Waals surface area contributed by atoms with Gasteiger partial charge in [0.15, 0.2) is 0 Å².